The number of hydrogen-bond donors (Lipinski definition) is 1. The summed E-state index contributed by atoms with van der Waals surface area (Å²) >= 11 is 0. The SMILES string of the molecule is CCOc1ccc(S(=O)(=O)NC(C)(C)c2ccc(OC)cc2)cc1. The van der Waals surface area contributed by atoms with E-state index in [1.807, 2.05) is 45.0 Å². The van der Waals surface area contributed by atoms with E-state index >= 15 is 0 Å². The van der Waals surface area contributed by atoms with Crippen molar-refractivity contribution in [3.8, 4) is 11.5 Å². The van der Waals surface area contributed by atoms with Crippen LogP contribution in [-0.2, 0) is 15.6 Å². The highest BCUT2D eigenvalue weighted by molar-refractivity contribution is 7.89. The van der Waals surface area contributed by atoms with Gasteiger partial charge in [0.15, 0.2) is 0 Å². The zero-order valence-corrected chi connectivity index (χ0v) is 15.2. The number of methoxy groups -OCH3 is 1. The molecule has 0 bridgehead atoms. The predicted molar refractivity (Wildman–Crippen MR) is 94.0 cm³/mol. The van der Waals surface area contributed by atoms with Crippen molar-refractivity contribution >= 4 is 10.0 Å². The molecule has 2 aromatic carbocycles. The molecular weight excluding hydrogens is 326 g/mol. The third kappa shape index (κ3) is 4.27. The monoisotopic (exact) mass is 349 g/mol. The lowest BCUT2D eigenvalue weighted by Crippen LogP contribution is -2.40. The topological polar surface area (TPSA) is 64.6 Å². The molecule has 0 heterocycles. The van der Waals surface area contributed by atoms with Crippen LogP contribution in [0.4, 0.5) is 0 Å². The van der Waals surface area contributed by atoms with Crippen LogP contribution in [-0.4, -0.2) is 22.1 Å². The Balaban J connectivity index is 2.22. The van der Waals surface area contributed by atoms with Gasteiger partial charge in [0.05, 0.1) is 24.2 Å². The van der Waals surface area contributed by atoms with Gasteiger partial charge in [-0.05, 0) is 62.7 Å². The quantitative estimate of drug-likeness (QED) is 0.833. The van der Waals surface area contributed by atoms with E-state index in [-0.39, 0.29) is 4.90 Å². The van der Waals surface area contributed by atoms with Crippen LogP contribution in [0, 0.1) is 0 Å². The van der Waals surface area contributed by atoms with Gasteiger partial charge >= 0.3 is 0 Å². The summed E-state index contributed by atoms with van der Waals surface area (Å²) in [5, 5.41) is 0. The Morgan fingerprint density at radius 2 is 1.50 bits per heavy atom. The van der Waals surface area contributed by atoms with Crippen LogP contribution >= 0.6 is 0 Å². The van der Waals surface area contributed by atoms with Crippen molar-refractivity contribution in [1.29, 1.82) is 0 Å². The molecule has 0 atom stereocenters. The van der Waals surface area contributed by atoms with Gasteiger partial charge in [-0.15, -0.1) is 0 Å². The number of sulfonamides is 1. The molecule has 5 nitrogen and oxygen atoms in total. The first-order chi connectivity index (χ1) is 11.3. The van der Waals surface area contributed by atoms with Gasteiger partial charge in [0.25, 0.3) is 0 Å². The third-order valence-electron chi connectivity index (χ3n) is 3.65. The summed E-state index contributed by atoms with van der Waals surface area (Å²) in [6.07, 6.45) is 0. The minimum absolute atomic E-state index is 0.201. The standard InChI is InChI=1S/C18H23NO4S/c1-5-23-16-10-12-17(13-11-16)24(20,21)19-18(2,3)14-6-8-15(22-4)9-7-14/h6-13,19H,5H2,1-4H3. The van der Waals surface area contributed by atoms with Crippen LogP contribution in [0.1, 0.15) is 26.3 Å². The highest BCUT2D eigenvalue weighted by Crippen LogP contribution is 2.25. The smallest absolute Gasteiger partial charge is 0.241 e. The van der Waals surface area contributed by atoms with Crippen molar-refractivity contribution in [3.05, 3.63) is 54.1 Å². The molecule has 0 saturated carbocycles. The minimum atomic E-state index is -3.65. The highest BCUT2D eigenvalue weighted by Gasteiger charge is 2.28. The maximum Gasteiger partial charge on any atom is 0.241 e. The molecule has 6 heteroatoms. The van der Waals surface area contributed by atoms with Gasteiger partial charge in [0.2, 0.25) is 10.0 Å². The van der Waals surface area contributed by atoms with E-state index in [1.165, 1.54) is 12.1 Å². The van der Waals surface area contributed by atoms with Crippen LogP contribution in [0.5, 0.6) is 11.5 Å². The Bertz CT molecular complexity index is 766. The molecule has 0 amide bonds. The van der Waals surface area contributed by atoms with Crippen LogP contribution in [0.25, 0.3) is 0 Å². The summed E-state index contributed by atoms with van der Waals surface area (Å²) in [6, 6.07) is 13.7. The lowest BCUT2D eigenvalue weighted by molar-refractivity contribution is 0.340. The molecule has 0 unspecified atom stereocenters. The van der Waals surface area contributed by atoms with Crippen molar-refractivity contribution in [3.63, 3.8) is 0 Å². The summed E-state index contributed by atoms with van der Waals surface area (Å²) in [4.78, 5) is 0.201. The number of hydrogen-bond acceptors (Lipinski definition) is 4. The Hall–Kier alpha value is -2.05. The van der Waals surface area contributed by atoms with E-state index in [1.54, 1.807) is 19.2 Å². The predicted octanol–water partition coefficient (Wildman–Crippen LogP) is 3.31. The van der Waals surface area contributed by atoms with Crippen molar-refractivity contribution < 1.29 is 17.9 Å². The van der Waals surface area contributed by atoms with Crippen LogP contribution in [0.15, 0.2) is 53.4 Å². The lowest BCUT2D eigenvalue weighted by atomic mass is 9.96. The van der Waals surface area contributed by atoms with E-state index < -0.39 is 15.6 Å². The molecule has 0 aliphatic heterocycles. The Kier molecular flexibility index (Phi) is 5.51. The van der Waals surface area contributed by atoms with Gasteiger partial charge in [0, 0.05) is 0 Å². The molecule has 0 spiro atoms. The number of benzene rings is 2. The molecule has 2 aromatic rings. The first-order valence-electron chi connectivity index (χ1n) is 7.70. The van der Waals surface area contributed by atoms with Crippen molar-refractivity contribution in [2.24, 2.45) is 0 Å². The van der Waals surface area contributed by atoms with E-state index in [9.17, 15) is 8.42 Å². The van der Waals surface area contributed by atoms with Gasteiger partial charge in [-0.1, -0.05) is 12.1 Å². The second-order valence-electron chi connectivity index (χ2n) is 5.86. The van der Waals surface area contributed by atoms with E-state index in [2.05, 4.69) is 4.72 Å². The van der Waals surface area contributed by atoms with Crippen LogP contribution in [0.2, 0.25) is 0 Å². The van der Waals surface area contributed by atoms with E-state index in [4.69, 9.17) is 9.47 Å². The van der Waals surface area contributed by atoms with Gasteiger partial charge in [-0.2, -0.15) is 0 Å². The van der Waals surface area contributed by atoms with Gasteiger partial charge in [-0.3, -0.25) is 0 Å². The Morgan fingerprint density at radius 3 is 2.00 bits per heavy atom. The minimum Gasteiger partial charge on any atom is -0.497 e. The van der Waals surface area contributed by atoms with Crippen LogP contribution < -0.4 is 14.2 Å². The number of rotatable bonds is 7. The summed E-state index contributed by atoms with van der Waals surface area (Å²) in [6.45, 7) is 6.06. The maximum atomic E-state index is 12.6. The van der Waals surface area contributed by atoms with Crippen LogP contribution in [0.3, 0.4) is 0 Å². The first kappa shape index (κ1) is 18.3. The molecule has 0 aliphatic carbocycles. The van der Waals surface area contributed by atoms with Crippen molar-refractivity contribution in [2.45, 2.75) is 31.2 Å². The second kappa shape index (κ2) is 7.23. The van der Waals surface area contributed by atoms with E-state index in [0.29, 0.717) is 12.4 Å². The summed E-state index contributed by atoms with van der Waals surface area (Å²) in [5.74, 6) is 1.37. The fraction of sp³-hybridized carbons (Fsp3) is 0.333. The second-order valence-corrected chi connectivity index (χ2v) is 7.55. The fourth-order valence-electron chi connectivity index (χ4n) is 2.34. The normalized spacial score (nSPS) is 12.0. The van der Waals surface area contributed by atoms with Gasteiger partial charge in [0.1, 0.15) is 11.5 Å². The van der Waals surface area contributed by atoms with Gasteiger partial charge < -0.3 is 9.47 Å². The molecule has 0 saturated heterocycles. The summed E-state index contributed by atoms with van der Waals surface area (Å²) in [5.41, 5.74) is 0.0850. The Labute approximate surface area is 143 Å². The average molecular weight is 349 g/mol. The molecule has 130 valence electrons. The maximum absolute atomic E-state index is 12.6. The highest BCUT2D eigenvalue weighted by atomic mass is 32.2. The zero-order chi connectivity index (χ0) is 17.8. The molecule has 2 rings (SSSR count). The van der Waals surface area contributed by atoms with E-state index in [0.717, 1.165) is 11.3 Å². The lowest BCUT2D eigenvalue weighted by Gasteiger charge is -2.26. The average Bonchev–Trinajstić information content (AvgIpc) is 2.55. The fourth-order valence-corrected chi connectivity index (χ4v) is 3.75. The van der Waals surface area contributed by atoms with Crippen molar-refractivity contribution in [2.75, 3.05) is 13.7 Å². The number of nitrogens with one attached hydrogen (secondary N) is 1. The first-order valence-corrected chi connectivity index (χ1v) is 9.18. The largest absolute Gasteiger partial charge is 0.497 e. The molecule has 0 aromatic heterocycles. The van der Waals surface area contributed by atoms with Gasteiger partial charge in [-0.25, -0.2) is 13.1 Å². The number of ether oxygens (including phenoxy) is 2. The molecule has 0 fully saturated rings. The zero-order valence-electron chi connectivity index (χ0n) is 14.4. The molecule has 0 aliphatic rings. The third-order valence-corrected chi connectivity index (χ3v) is 5.32. The Morgan fingerprint density at radius 1 is 0.958 bits per heavy atom. The molecule has 0 radical (unpaired) electrons. The molecular formula is C18H23NO4S. The summed E-state index contributed by atoms with van der Waals surface area (Å²) in [7, 11) is -2.06. The van der Waals surface area contributed by atoms with Crippen molar-refractivity contribution in [1.82, 2.24) is 4.72 Å². The molecule has 1 N–H and O–H groups in total. The summed E-state index contributed by atoms with van der Waals surface area (Å²) < 4.78 is 38.5. The molecule has 24 heavy (non-hydrogen) atoms.